The van der Waals surface area contributed by atoms with Crippen LogP contribution in [0.25, 0.3) is 0 Å². The van der Waals surface area contributed by atoms with Gasteiger partial charge in [0.2, 0.25) is 0 Å². The van der Waals surface area contributed by atoms with Crippen molar-refractivity contribution >= 4 is 40.9 Å². The van der Waals surface area contributed by atoms with E-state index in [4.69, 9.17) is 28.2 Å². The smallest absolute Gasteiger partial charge is 0.326 e. The fraction of sp³-hybridized carbons (Fsp3) is 0.480. The van der Waals surface area contributed by atoms with Crippen molar-refractivity contribution in [1.82, 2.24) is 10.3 Å². The van der Waals surface area contributed by atoms with E-state index in [1.54, 1.807) is 18.2 Å². The molecule has 33 heavy (non-hydrogen) atoms. The zero-order valence-corrected chi connectivity index (χ0v) is 20.0. The number of benzene rings is 1. The molecule has 1 saturated carbocycles. The van der Waals surface area contributed by atoms with E-state index in [1.807, 2.05) is 0 Å². The standard InChI is InChI=1S/C25H29Cl2N3O3/c26-18-8-4-9-19(27)22(18)24(31)30-21(25(32)33)10-3-1-2-6-16-14-17(16)20-12-11-15-7-5-13-28-23(15)29-20/h4,8-9,11-12,16-17,21H,1-3,5-7,10,13-14H2,(H,28,29)(H,30,31)(H,32,33)/t16?,17?,21-/m0/s1. The number of fused-ring (bicyclic) bond motifs is 1. The number of amides is 1. The van der Waals surface area contributed by atoms with Crippen LogP contribution in [-0.4, -0.2) is 34.6 Å². The van der Waals surface area contributed by atoms with E-state index in [-0.39, 0.29) is 15.6 Å². The van der Waals surface area contributed by atoms with Crippen molar-refractivity contribution < 1.29 is 14.7 Å². The van der Waals surface area contributed by atoms with Gasteiger partial charge in [0.25, 0.3) is 5.91 Å². The van der Waals surface area contributed by atoms with Gasteiger partial charge in [0.05, 0.1) is 15.6 Å². The highest BCUT2D eigenvalue weighted by molar-refractivity contribution is 6.39. The Bertz CT molecular complexity index is 1010. The van der Waals surface area contributed by atoms with Crippen LogP contribution in [0.5, 0.6) is 0 Å². The van der Waals surface area contributed by atoms with Crippen molar-refractivity contribution in [3.05, 3.63) is 57.2 Å². The van der Waals surface area contributed by atoms with Crippen LogP contribution in [0.3, 0.4) is 0 Å². The normalized spacial score (nSPS) is 19.8. The van der Waals surface area contributed by atoms with Gasteiger partial charge in [0, 0.05) is 18.2 Å². The first-order valence-corrected chi connectivity index (χ1v) is 12.4. The molecule has 0 radical (unpaired) electrons. The average molecular weight is 490 g/mol. The van der Waals surface area contributed by atoms with Crippen LogP contribution in [0.4, 0.5) is 5.82 Å². The molecule has 1 aliphatic carbocycles. The van der Waals surface area contributed by atoms with Crippen LogP contribution in [0, 0.1) is 5.92 Å². The maximum absolute atomic E-state index is 12.5. The lowest BCUT2D eigenvalue weighted by molar-refractivity contribution is -0.139. The maximum Gasteiger partial charge on any atom is 0.326 e. The number of carboxylic acids is 1. The molecule has 6 nitrogen and oxygen atoms in total. The van der Waals surface area contributed by atoms with E-state index >= 15 is 0 Å². The van der Waals surface area contributed by atoms with Crippen molar-refractivity contribution in [3.8, 4) is 0 Å². The highest BCUT2D eigenvalue weighted by Crippen LogP contribution is 2.50. The zero-order chi connectivity index (χ0) is 23.4. The largest absolute Gasteiger partial charge is 0.480 e. The van der Waals surface area contributed by atoms with E-state index in [9.17, 15) is 14.7 Å². The van der Waals surface area contributed by atoms with Crippen LogP contribution >= 0.6 is 23.2 Å². The molecule has 2 unspecified atom stereocenters. The van der Waals surface area contributed by atoms with Gasteiger partial charge in [-0.2, -0.15) is 0 Å². The Kier molecular flexibility index (Phi) is 7.76. The topological polar surface area (TPSA) is 91.3 Å². The summed E-state index contributed by atoms with van der Waals surface area (Å²) in [7, 11) is 0. The second-order valence-electron chi connectivity index (χ2n) is 8.98. The molecule has 1 fully saturated rings. The number of hydrogen-bond acceptors (Lipinski definition) is 4. The van der Waals surface area contributed by atoms with Gasteiger partial charge in [-0.3, -0.25) is 4.79 Å². The van der Waals surface area contributed by atoms with Crippen molar-refractivity contribution in [2.24, 2.45) is 5.92 Å². The maximum atomic E-state index is 12.5. The predicted molar refractivity (Wildman–Crippen MR) is 130 cm³/mol. The number of carbonyl (C=O) groups excluding carboxylic acids is 1. The van der Waals surface area contributed by atoms with Crippen LogP contribution in [0.15, 0.2) is 30.3 Å². The van der Waals surface area contributed by atoms with Gasteiger partial charge in [-0.1, -0.05) is 54.6 Å². The van der Waals surface area contributed by atoms with E-state index < -0.39 is 17.9 Å². The second-order valence-corrected chi connectivity index (χ2v) is 9.79. The summed E-state index contributed by atoms with van der Waals surface area (Å²) in [5.74, 6) is 0.651. The summed E-state index contributed by atoms with van der Waals surface area (Å²) in [6.07, 6.45) is 7.64. The fourth-order valence-electron chi connectivity index (χ4n) is 4.61. The Labute approximate surface area is 204 Å². The molecule has 0 saturated heterocycles. The van der Waals surface area contributed by atoms with Gasteiger partial charge in [-0.05, 0) is 61.8 Å². The number of pyridine rings is 1. The first-order chi connectivity index (χ1) is 15.9. The van der Waals surface area contributed by atoms with Crippen molar-refractivity contribution in [1.29, 1.82) is 0 Å². The van der Waals surface area contributed by atoms with Crippen LogP contribution < -0.4 is 10.6 Å². The van der Waals surface area contributed by atoms with Crippen LogP contribution in [0.2, 0.25) is 10.0 Å². The molecule has 2 aliphatic rings. The lowest BCUT2D eigenvalue weighted by Crippen LogP contribution is -2.41. The molecule has 2 heterocycles. The molecule has 4 rings (SSSR count). The fourth-order valence-corrected chi connectivity index (χ4v) is 5.18. The monoisotopic (exact) mass is 489 g/mol. The number of nitrogens with one attached hydrogen (secondary N) is 2. The molecule has 1 aromatic carbocycles. The Morgan fingerprint density at radius 2 is 1.94 bits per heavy atom. The summed E-state index contributed by atoms with van der Waals surface area (Å²) >= 11 is 12.1. The van der Waals surface area contributed by atoms with E-state index in [1.165, 1.54) is 24.1 Å². The molecule has 2 aromatic rings. The number of carboxylic acid groups (broad SMARTS) is 1. The zero-order valence-electron chi connectivity index (χ0n) is 18.4. The number of rotatable bonds is 10. The van der Waals surface area contributed by atoms with Gasteiger partial charge < -0.3 is 15.7 Å². The van der Waals surface area contributed by atoms with Gasteiger partial charge >= 0.3 is 5.97 Å². The summed E-state index contributed by atoms with van der Waals surface area (Å²) in [6, 6.07) is 8.18. The molecular weight excluding hydrogens is 461 g/mol. The third kappa shape index (κ3) is 5.98. The molecule has 176 valence electrons. The Hall–Kier alpha value is -2.31. The Morgan fingerprint density at radius 3 is 2.70 bits per heavy atom. The number of carbonyl (C=O) groups is 2. The number of anilines is 1. The first kappa shape index (κ1) is 23.8. The molecular formula is C25H29Cl2N3O3. The highest BCUT2D eigenvalue weighted by Gasteiger charge is 2.39. The van der Waals surface area contributed by atoms with Gasteiger partial charge in [0.1, 0.15) is 11.9 Å². The van der Waals surface area contributed by atoms with Crippen LogP contribution in [-0.2, 0) is 11.2 Å². The number of unbranched alkanes of at least 4 members (excludes halogenated alkanes) is 2. The number of aryl methyl sites for hydroxylation is 1. The number of halogens is 2. The van der Waals surface area contributed by atoms with Crippen molar-refractivity contribution in [3.63, 3.8) is 0 Å². The minimum absolute atomic E-state index is 0.109. The summed E-state index contributed by atoms with van der Waals surface area (Å²) in [6.45, 7) is 1.00. The third-order valence-corrected chi connectivity index (χ3v) is 7.21. The Balaban J connectivity index is 1.19. The van der Waals surface area contributed by atoms with Crippen molar-refractivity contribution in [2.75, 3.05) is 11.9 Å². The summed E-state index contributed by atoms with van der Waals surface area (Å²) < 4.78 is 0. The minimum Gasteiger partial charge on any atom is -0.480 e. The number of aromatic nitrogens is 1. The SMILES string of the molecule is O=C(N[C@@H](CCCCCC1CC1c1ccc2c(n1)NCCC2)C(=O)O)c1c(Cl)cccc1Cl. The van der Waals surface area contributed by atoms with Crippen molar-refractivity contribution in [2.45, 2.75) is 63.3 Å². The number of nitrogens with zero attached hydrogens (tertiary/aromatic N) is 1. The summed E-state index contributed by atoms with van der Waals surface area (Å²) in [5, 5.41) is 15.9. The molecule has 1 amide bonds. The molecule has 3 N–H and O–H groups in total. The Morgan fingerprint density at radius 1 is 1.15 bits per heavy atom. The second kappa shape index (κ2) is 10.7. The summed E-state index contributed by atoms with van der Waals surface area (Å²) in [4.78, 5) is 29.0. The van der Waals surface area contributed by atoms with Gasteiger partial charge in [-0.25, -0.2) is 9.78 Å². The molecule has 0 bridgehead atoms. The molecule has 8 heteroatoms. The van der Waals surface area contributed by atoms with Gasteiger partial charge in [-0.15, -0.1) is 0 Å². The lowest BCUT2D eigenvalue weighted by atomic mass is 10.0. The van der Waals surface area contributed by atoms with E-state index in [2.05, 4.69) is 22.8 Å². The first-order valence-electron chi connectivity index (χ1n) is 11.7. The van der Waals surface area contributed by atoms with Gasteiger partial charge in [0.15, 0.2) is 0 Å². The molecule has 0 spiro atoms. The number of hydrogen-bond donors (Lipinski definition) is 3. The van der Waals surface area contributed by atoms with Crippen LogP contribution in [0.1, 0.15) is 72.5 Å². The molecule has 1 aromatic heterocycles. The third-order valence-electron chi connectivity index (χ3n) is 6.58. The number of aliphatic carboxylic acids is 1. The molecule has 1 aliphatic heterocycles. The molecule has 3 atom stereocenters. The minimum atomic E-state index is -1.05. The lowest BCUT2D eigenvalue weighted by Gasteiger charge is -2.17. The van der Waals surface area contributed by atoms with E-state index in [0.29, 0.717) is 18.3 Å². The summed E-state index contributed by atoms with van der Waals surface area (Å²) in [5.41, 5.74) is 2.62. The predicted octanol–water partition coefficient (Wildman–Crippen LogP) is 5.68. The average Bonchev–Trinajstić information content (AvgIpc) is 3.57. The van der Waals surface area contributed by atoms with E-state index in [0.717, 1.165) is 44.5 Å². The quantitative estimate of drug-likeness (QED) is 0.373. The highest BCUT2D eigenvalue weighted by atomic mass is 35.5.